The average Bonchev–Trinajstić information content (AvgIpc) is 2.75. The van der Waals surface area contributed by atoms with Crippen LogP contribution in [0.3, 0.4) is 0 Å². The van der Waals surface area contributed by atoms with Gasteiger partial charge in [0.1, 0.15) is 0 Å². The lowest BCUT2D eigenvalue weighted by molar-refractivity contribution is -0.121. The molecule has 0 aliphatic heterocycles. The normalized spacial score (nSPS) is 11.5. The highest BCUT2D eigenvalue weighted by atomic mass is 16.4. The summed E-state index contributed by atoms with van der Waals surface area (Å²) < 4.78 is 0. The molecular weight excluding hydrogens is 400 g/mol. The summed E-state index contributed by atoms with van der Waals surface area (Å²) in [7, 11) is 0. The van der Waals surface area contributed by atoms with Crippen LogP contribution in [0.25, 0.3) is 0 Å². The van der Waals surface area contributed by atoms with E-state index in [1.165, 1.54) is 0 Å². The number of nitrogens with one attached hydrogen (secondary N) is 1. The van der Waals surface area contributed by atoms with Crippen LogP contribution >= 0.6 is 0 Å². The summed E-state index contributed by atoms with van der Waals surface area (Å²) in [6.45, 7) is 4.81. The van der Waals surface area contributed by atoms with E-state index in [4.69, 9.17) is 0 Å². The highest BCUT2D eigenvalue weighted by Crippen LogP contribution is 2.26. The van der Waals surface area contributed by atoms with E-state index < -0.39 is 11.6 Å². The number of carbonyl (C=O) groups excluding carboxylic acids is 1. The van der Waals surface area contributed by atoms with E-state index in [2.05, 4.69) is 5.32 Å². The van der Waals surface area contributed by atoms with Gasteiger partial charge in [-0.05, 0) is 30.5 Å². The third-order valence-corrected chi connectivity index (χ3v) is 5.28. The van der Waals surface area contributed by atoms with E-state index in [-0.39, 0.29) is 18.2 Å². The lowest BCUT2D eigenvalue weighted by Crippen LogP contribution is -2.52. The van der Waals surface area contributed by atoms with E-state index in [0.29, 0.717) is 13.1 Å². The fourth-order valence-electron chi connectivity index (χ4n) is 4.06. The number of benzene rings is 3. The molecule has 0 bridgehead atoms. The Morgan fingerprint density at radius 1 is 0.844 bits per heavy atom. The molecule has 2 N–H and O–H groups in total. The predicted octanol–water partition coefficient (Wildman–Crippen LogP) is 4.94. The first-order valence-corrected chi connectivity index (χ1v) is 10.7. The molecule has 5 heteroatoms. The van der Waals surface area contributed by atoms with Crippen molar-refractivity contribution >= 4 is 11.9 Å². The zero-order valence-electron chi connectivity index (χ0n) is 18.6. The summed E-state index contributed by atoms with van der Waals surface area (Å²) in [4.78, 5) is 27.0. The lowest BCUT2D eigenvalue weighted by Gasteiger charge is -2.33. The second kappa shape index (κ2) is 10.7. The number of hydrogen-bond donors (Lipinski definition) is 2. The molecule has 0 aliphatic carbocycles. The van der Waals surface area contributed by atoms with Crippen molar-refractivity contribution in [3.8, 4) is 0 Å². The topological polar surface area (TPSA) is 69.6 Å². The van der Waals surface area contributed by atoms with Crippen LogP contribution in [0, 0.1) is 0 Å². The third-order valence-electron chi connectivity index (χ3n) is 5.28. The quantitative estimate of drug-likeness (QED) is 0.478. The molecule has 32 heavy (non-hydrogen) atoms. The number of ketones is 1. The maximum absolute atomic E-state index is 13.7. The minimum Gasteiger partial charge on any atom is -0.465 e. The zero-order chi connectivity index (χ0) is 23.0. The van der Waals surface area contributed by atoms with Gasteiger partial charge in [-0.25, -0.2) is 4.79 Å². The van der Waals surface area contributed by atoms with Crippen molar-refractivity contribution in [1.29, 1.82) is 0 Å². The van der Waals surface area contributed by atoms with Crippen molar-refractivity contribution in [2.45, 2.75) is 31.8 Å². The van der Waals surface area contributed by atoms with Gasteiger partial charge < -0.3 is 10.4 Å². The minimum absolute atomic E-state index is 0.0736. The fourth-order valence-corrected chi connectivity index (χ4v) is 4.06. The van der Waals surface area contributed by atoms with E-state index in [0.717, 1.165) is 16.7 Å². The predicted molar refractivity (Wildman–Crippen MR) is 127 cm³/mol. The first-order chi connectivity index (χ1) is 15.3. The molecule has 0 aliphatic rings. The molecule has 3 aromatic carbocycles. The number of carboxylic acid groups (broad SMARTS) is 1. The van der Waals surface area contributed by atoms with Gasteiger partial charge in [0.15, 0.2) is 5.78 Å². The third kappa shape index (κ3) is 6.79. The number of nitrogens with zero attached hydrogens (tertiary/aromatic N) is 1. The van der Waals surface area contributed by atoms with Crippen molar-refractivity contribution in [3.05, 3.63) is 108 Å². The van der Waals surface area contributed by atoms with Gasteiger partial charge in [0.05, 0.1) is 18.0 Å². The Morgan fingerprint density at radius 3 is 1.78 bits per heavy atom. The number of Topliss-reactive ketones (excluding diaryl/α,β-unsaturated/α-hetero) is 1. The molecule has 0 spiro atoms. The fraction of sp³-hybridized carbons (Fsp3) is 0.259. The second-order valence-electron chi connectivity index (χ2n) is 8.67. The van der Waals surface area contributed by atoms with Crippen LogP contribution in [0.4, 0.5) is 4.79 Å². The molecule has 0 unspecified atom stereocenters. The van der Waals surface area contributed by atoms with Gasteiger partial charge in [-0.1, -0.05) is 91.0 Å². The summed E-state index contributed by atoms with van der Waals surface area (Å²) in [5.41, 5.74) is 2.26. The van der Waals surface area contributed by atoms with Crippen LogP contribution in [-0.2, 0) is 11.3 Å². The zero-order valence-corrected chi connectivity index (χ0v) is 18.6. The summed E-state index contributed by atoms with van der Waals surface area (Å²) in [6, 6.07) is 29.5. The molecule has 166 valence electrons. The van der Waals surface area contributed by atoms with Crippen molar-refractivity contribution in [2.24, 2.45) is 0 Å². The Bertz CT molecular complexity index is 965. The second-order valence-corrected chi connectivity index (χ2v) is 8.67. The van der Waals surface area contributed by atoms with Gasteiger partial charge in [-0.2, -0.15) is 0 Å². The summed E-state index contributed by atoms with van der Waals surface area (Å²) >= 11 is 0. The number of amides is 1. The average molecular weight is 431 g/mol. The van der Waals surface area contributed by atoms with Gasteiger partial charge in [0.2, 0.25) is 0 Å². The van der Waals surface area contributed by atoms with Crippen LogP contribution in [0.5, 0.6) is 0 Å². The Balaban J connectivity index is 1.88. The summed E-state index contributed by atoms with van der Waals surface area (Å²) in [5.74, 6) is -0.310. The lowest BCUT2D eigenvalue weighted by atomic mass is 9.87. The molecule has 0 radical (unpaired) electrons. The Kier molecular flexibility index (Phi) is 7.79. The summed E-state index contributed by atoms with van der Waals surface area (Å²) in [5, 5.41) is 11.8. The van der Waals surface area contributed by atoms with Crippen molar-refractivity contribution in [3.63, 3.8) is 0 Å². The minimum atomic E-state index is -1.08. The molecule has 0 atom stereocenters. The first kappa shape index (κ1) is 23.2. The van der Waals surface area contributed by atoms with Crippen LogP contribution in [0.15, 0.2) is 91.0 Å². The van der Waals surface area contributed by atoms with Gasteiger partial charge in [0, 0.05) is 13.1 Å². The smallest absolute Gasteiger partial charge is 0.405 e. The van der Waals surface area contributed by atoms with Gasteiger partial charge in [-0.15, -0.1) is 0 Å². The molecule has 3 rings (SSSR count). The largest absolute Gasteiger partial charge is 0.465 e. The molecule has 3 aromatic rings. The maximum Gasteiger partial charge on any atom is 0.405 e. The Hall–Kier alpha value is -3.44. The van der Waals surface area contributed by atoms with Crippen LogP contribution < -0.4 is 5.32 Å². The SMILES string of the molecule is CC(C)(CN(CC(=O)C(c1ccccc1)c1ccccc1)Cc1ccccc1)NC(=O)O. The number of rotatable bonds is 10. The molecule has 0 heterocycles. The summed E-state index contributed by atoms with van der Waals surface area (Å²) in [6.07, 6.45) is -1.08. The van der Waals surface area contributed by atoms with Gasteiger partial charge in [-0.3, -0.25) is 9.69 Å². The molecular formula is C27H30N2O3. The molecule has 5 nitrogen and oxygen atoms in total. The van der Waals surface area contributed by atoms with Crippen LogP contribution in [-0.4, -0.2) is 40.5 Å². The highest BCUT2D eigenvalue weighted by molar-refractivity contribution is 5.90. The highest BCUT2D eigenvalue weighted by Gasteiger charge is 2.28. The Morgan fingerprint density at radius 2 is 1.31 bits per heavy atom. The van der Waals surface area contributed by atoms with Crippen LogP contribution in [0.1, 0.15) is 36.5 Å². The number of carbonyl (C=O) groups is 2. The van der Waals surface area contributed by atoms with Crippen molar-refractivity contribution in [2.75, 3.05) is 13.1 Å². The van der Waals surface area contributed by atoms with Crippen molar-refractivity contribution in [1.82, 2.24) is 10.2 Å². The van der Waals surface area contributed by atoms with E-state index in [1.54, 1.807) is 0 Å². The van der Waals surface area contributed by atoms with E-state index in [1.807, 2.05) is 110 Å². The molecule has 0 aromatic heterocycles. The molecule has 0 saturated carbocycles. The monoisotopic (exact) mass is 430 g/mol. The molecule has 1 amide bonds. The standard InChI is InChI=1S/C27H30N2O3/c1-27(2,28-26(31)32)20-29(18-21-12-6-3-7-13-21)19-24(30)25(22-14-8-4-9-15-22)23-16-10-5-11-17-23/h3-17,25,28H,18-20H2,1-2H3,(H,31,32). The van der Waals surface area contributed by atoms with E-state index >= 15 is 0 Å². The van der Waals surface area contributed by atoms with Gasteiger partial charge >= 0.3 is 6.09 Å². The Labute approximate surface area is 189 Å². The number of hydrogen-bond acceptors (Lipinski definition) is 3. The van der Waals surface area contributed by atoms with Crippen LogP contribution in [0.2, 0.25) is 0 Å². The molecule has 0 fully saturated rings. The maximum atomic E-state index is 13.7. The van der Waals surface area contributed by atoms with E-state index in [9.17, 15) is 14.7 Å². The van der Waals surface area contributed by atoms with Crippen molar-refractivity contribution < 1.29 is 14.7 Å². The van der Waals surface area contributed by atoms with Gasteiger partial charge in [0.25, 0.3) is 0 Å². The first-order valence-electron chi connectivity index (χ1n) is 10.7. The molecule has 0 saturated heterocycles.